The van der Waals surface area contributed by atoms with Crippen molar-refractivity contribution in [1.82, 2.24) is 0 Å². The molecular formula is C48H33NO. The average molecular weight is 640 g/mol. The van der Waals surface area contributed by atoms with Gasteiger partial charge in [0.25, 0.3) is 0 Å². The summed E-state index contributed by atoms with van der Waals surface area (Å²) in [6, 6.07) is 71.2. The van der Waals surface area contributed by atoms with Crippen LogP contribution in [0.1, 0.15) is 0 Å². The monoisotopic (exact) mass is 639 g/mol. The van der Waals surface area contributed by atoms with E-state index in [4.69, 9.17) is 4.42 Å². The molecule has 50 heavy (non-hydrogen) atoms. The molecule has 0 aliphatic heterocycles. The Morgan fingerprint density at radius 3 is 1.54 bits per heavy atom. The second-order valence-corrected chi connectivity index (χ2v) is 12.6. The van der Waals surface area contributed by atoms with Gasteiger partial charge in [-0.05, 0) is 99.4 Å². The van der Waals surface area contributed by atoms with Crippen LogP contribution in [0.15, 0.2) is 205 Å². The second-order valence-electron chi connectivity index (χ2n) is 12.6. The number of para-hydroxylation sites is 1. The average Bonchev–Trinajstić information content (AvgIpc) is 3.64. The van der Waals surface area contributed by atoms with Crippen molar-refractivity contribution in [2.24, 2.45) is 0 Å². The quantitative estimate of drug-likeness (QED) is 0.173. The third kappa shape index (κ3) is 5.63. The molecule has 9 rings (SSSR count). The van der Waals surface area contributed by atoms with E-state index in [0.29, 0.717) is 0 Å². The molecule has 2 heteroatoms. The lowest BCUT2D eigenvalue weighted by atomic mass is 9.93. The zero-order chi connectivity index (χ0) is 33.3. The summed E-state index contributed by atoms with van der Waals surface area (Å²) >= 11 is 0. The van der Waals surface area contributed by atoms with Gasteiger partial charge in [0.2, 0.25) is 0 Å². The standard InChI is InChI=1S/C48H33NO/c1-3-13-34(14-4-1)40-29-41(35-15-5-2-6-16-35)31-42(30-40)36-25-27-43(28-26-36)49(46-23-12-19-37-17-7-9-22-45(37)46)44-21-11-20-38(32-44)48-33-39-18-8-10-24-47(39)50-48/h1-33H. The fourth-order valence-electron chi connectivity index (χ4n) is 6.94. The fourth-order valence-corrected chi connectivity index (χ4v) is 6.94. The van der Waals surface area contributed by atoms with Crippen LogP contribution in [-0.4, -0.2) is 0 Å². The lowest BCUT2D eigenvalue weighted by molar-refractivity contribution is 0.631. The molecule has 0 spiro atoms. The largest absolute Gasteiger partial charge is 0.456 e. The van der Waals surface area contributed by atoms with E-state index in [1.54, 1.807) is 0 Å². The van der Waals surface area contributed by atoms with E-state index in [0.717, 1.165) is 44.9 Å². The van der Waals surface area contributed by atoms with E-state index in [9.17, 15) is 0 Å². The molecule has 0 unspecified atom stereocenters. The molecule has 1 heterocycles. The summed E-state index contributed by atoms with van der Waals surface area (Å²) in [5.41, 5.74) is 12.3. The highest BCUT2D eigenvalue weighted by Crippen LogP contribution is 2.42. The first-order chi connectivity index (χ1) is 24.8. The van der Waals surface area contributed by atoms with Crippen LogP contribution < -0.4 is 4.90 Å². The summed E-state index contributed by atoms with van der Waals surface area (Å²) in [5, 5.41) is 3.49. The fraction of sp³-hybridized carbons (Fsp3) is 0. The van der Waals surface area contributed by atoms with Crippen molar-refractivity contribution in [2.45, 2.75) is 0 Å². The molecule has 0 aliphatic rings. The van der Waals surface area contributed by atoms with Gasteiger partial charge in [0.15, 0.2) is 0 Å². The second kappa shape index (κ2) is 12.8. The van der Waals surface area contributed by atoms with Crippen molar-refractivity contribution < 1.29 is 4.42 Å². The predicted molar refractivity (Wildman–Crippen MR) is 210 cm³/mol. The molecule has 1 aromatic heterocycles. The van der Waals surface area contributed by atoms with Crippen molar-refractivity contribution in [3.8, 4) is 44.7 Å². The van der Waals surface area contributed by atoms with Crippen LogP contribution in [0, 0.1) is 0 Å². The van der Waals surface area contributed by atoms with Gasteiger partial charge in [0, 0.05) is 27.7 Å². The molecule has 0 aliphatic carbocycles. The number of hydrogen-bond acceptors (Lipinski definition) is 2. The molecule has 0 fully saturated rings. The summed E-state index contributed by atoms with van der Waals surface area (Å²) in [7, 11) is 0. The Hall–Kier alpha value is -6.64. The number of hydrogen-bond donors (Lipinski definition) is 0. The third-order valence-corrected chi connectivity index (χ3v) is 9.43. The Morgan fingerprint density at radius 1 is 0.320 bits per heavy atom. The molecule has 0 atom stereocenters. The Morgan fingerprint density at radius 2 is 0.860 bits per heavy atom. The van der Waals surface area contributed by atoms with Gasteiger partial charge in [-0.1, -0.05) is 140 Å². The lowest BCUT2D eigenvalue weighted by Crippen LogP contribution is -2.10. The first kappa shape index (κ1) is 29.5. The normalized spacial score (nSPS) is 11.2. The number of benzene rings is 8. The first-order valence-electron chi connectivity index (χ1n) is 17.0. The maximum atomic E-state index is 6.30. The van der Waals surface area contributed by atoms with E-state index >= 15 is 0 Å². The number of rotatable bonds is 7. The highest BCUT2D eigenvalue weighted by molar-refractivity contribution is 5.99. The van der Waals surface area contributed by atoms with Crippen molar-refractivity contribution in [3.63, 3.8) is 0 Å². The predicted octanol–water partition coefficient (Wildman–Crippen LogP) is 13.7. The summed E-state index contributed by atoms with van der Waals surface area (Å²) in [6.07, 6.45) is 0. The topological polar surface area (TPSA) is 16.4 Å². The minimum Gasteiger partial charge on any atom is -0.456 e. The minimum absolute atomic E-state index is 0.855. The van der Waals surface area contributed by atoms with Crippen molar-refractivity contribution >= 4 is 38.8 Å². The number of furan rings is 1. The van der Waals surface area contributed by atoms with E-state index in [1.807, 2.05) is 18.2 Å². The summed E-state index contributed by atoms with van der Waals surface area (Å²) < 4.78 is 6.30. The molecule has 9 aromatic rings. The van der Waals surface area contributed by atoms with Crippen LogP contribution in [0.2, 0.25) is 0 Å². The van der Waals surface area contributed by atoms with Gasteiger partial charge in [-0.25, -0.2) is 0 Å². The molecular weight excluding hydrogens is 607 g/mol. The van der Waals surface area contributed by atoms with E-state index in [2.05, 4.69) is 187 Å². The summed E-state index contributed by atoms with van der Waals surface area (Å²) in [6.45, 7) is 0. The number of anilines is 3. The van der Waals surface area contributed by atoms with E-state index in [-0.39, 0.29) is 0 Å². The van der Waals surface area contributed by atoms with Gasteiger partial charge in [0.1, 0.15) is 11.3 Å². The van der Waals surface area contributed by atoms with Crippen LogP contribution in [0.25, 0.3) is 66.4 Å². The molecule has 0 bridgehead atoms. The van der Waals surface area contributed by atoms with E-state index in [1.165, 1.54) is 38.6 Å². The zero-order valence-electron chi connectivity index (χ0n) is 27.4. The maximum absolute atomic E-state index is 6.30. The van der Waals surface area contributed by atoms with Gasteiger partial charge >= 0.3 is 0 Å². The molecule has 2 nitrogen and oxygen atoms in total. The van der Waals surface area contributed by atoms with Gasteiger partial charge < -0.3 is 9.32 Å². The van der Waals surface area contributed by atoms with Crippen LogP contribution in [-0.2, 0) is 0 Å². The lowest BCUT2D eigenvalue weighted by Gasteiger charge is -2.27. The molecule has 0 saturated carbocycles. The highest BCUT2D eigenvalue weighted by atomic mass is 16.3. The van der Waals surface area contributed by atoms with Gasteiger partial charge in [-0.15, -0.1) is 0 Å². The number of fused-ring (bicyclic) bond motifs is 2. The van der Waals surface area contributed by atoms with Gasteiger partial charge in [-0.3, -0.25) is 0 Å². The summed E-state index contributed by atoms with van der Waals surface area (Å²) in [5.74, 6) is 0.855. The summed E-state index contributed by atoms with van der Waals surface area (Å²) in [4.78, 5) is 2.36. The smallest absolute Gasteiger partial charge is 0.135 e. The van der Waals surface area contributed by atoms with Crippen LogP contribution >= 0.6 is 0 Å². The molecule has 0 amide bonds. The van der Waals surface area contributed by atoms with E-state index < -0.39 is 0 Å². The van der Waals surface area contributed by atoms with Crippen LogP contribution in [0.4, 0.5) is 17.1 Å². The van der Waals surface area contributed by atoms with Gasteiger partial charge in [-0.2, -0.15) is 0 Å². The van der Waals surface area contributed by atoms with Crippen molar-refractivity contribution in [3.05, 3.63) is 200 Å². The Kier molecular flexibility index (Phi) is 7.53. The van der Waals surface area contributed by atoms with Crippen molar-refractivity contribution in [2.75, 3.05) is 4.90 Å². The molecule has 8 aromatic carbocycles. The Bertz CT molecular complexity index is 2490. The molecule has 0 radical (unpaired) electrons. The molecule has 236 valence electrons. The van der Waals surface area contributed by atoms with Crippen LogP contribution in [0.5, 0.6) is 0 Å². The first-order valence-corrected chi connectivity index (χ1v) is 17.0. The van der Waals surface area contributed by atoms with Gasteiger partial charge in [0.05, 0.1) is 5.69 Å². The Balaban J connectivity index is 1.17. The van der Waals surface area contributed by atoms with Crippen LogP contribution in [0.3, 0.4) is 0 Å². The third-order valence-electron chi connectivity index (χ3n) is 9.43. The molecule has 0 saturated heterocycles. The maximum Gasteiger partial charge on any atom is 0.135 e. The molecule has 0 N–H and O–H groups in total. The van der Waals surface area contributed by atoms with Crippen molar-refractivity contribution in [1.29, 1.82) is 0 Å². The minimum atomic E-state index is 0.855. The Labute approximate surface area is 292 Å². The number of nitrogens with zero attached hydrogens (tertiary/aromatic N) is 1. The zero-order valence-corrected chi connectivity index (χ0v) is 27.4. The SMILES string of the molecule is c1ccc(-c2cc(-c3ccccc3)cc(-c3ccc(N(c4cccc(-c5cc6ccccc6o5)c4)c4cccc5ccccc45)cc3)c2)cc1. The highest BCUT2D eigenvalue weighted by Gasteiger charge is 2.17.